The van der Waals surface area contributed by atoms with E-state index in [0.29, 0.717) is 17.6 Å². The summed E-state index contributed by atoms with van der Waals surface area (Å²) >= 11 is 3.30. The molecule has 7 heteroatoms. The number of benzene rings is 1. The topological polar surface area (TPSA) is 75.4 Å². The van der Waals surface area contributed by atoms with Crippen molar-refractivity contribution in [3.63, 3.8) is 0 Å². The van der Waals surface area contributed by atoms with E-state index >= 15 is 0 Å². The van der Waals surface area contributed by atoms with E-state index in [2.05, 4.69) is 25.6 Å². The summed E-state index contributed by atoms with van der Waals surface area (Å²) in [7, 11) is -3.47. The fraction of sp³-hybridized carbons (Fsp3) is 0.538. The van der Waals surface area contributed by atoms with Crippen molar-refractivity contribution in [3.8, 4) is 0 Å². The summed E-state index contributed by atoms with van der Waals surface area (Å²) in [6.07, 6.45) is 2.41. The number of hydrogen-bond acceptors (Lipinski definition) is 4. The van der Waals surface area contributed by atoms with Gasteiger partial charge in [0.05, 0.1) is 4.90 Å². The molecule has 0 aromatic heterocycles. The largest absolute Gasteiger partial charge is 0.326 e. The van der Waals surface area contributed by atoms with Crippen LogP contribution in [0.1, 0.15) is 18.4 Å². The molecule has 1 saturated heterocycles. The van der Waals surface area contributed by atoms with Crippen molar-refractivity contribution < 1.29 is 8.42 Å². The lowest BCUT2D eigenvalue weighted by Gasteiger charge is -2.15. The van der Waals surface area contributed by atoms with Gasteiger partial charge in [-0.1, -0.05) is 6.07 Å². The van der Waals surface area contributed by atoms with Crippen LogP contribution in [-0.4, -0.2) is 39.5 Å². The predicted octanol–water partition coefficient (Wildman–Crippen LogP) is 1.28. The van der Waals surface area contributed by atoms with E-state index in [1.807, 2.05) is 0 Å². The first kappa shape index (κ1) is 15.9. The van der Waals surface area contributed by atoms with Gasteiger partial charge < -0.3 is 10.6 Å². The van der Waals surface area contributed by atoms with Crippen LogP contribution in [0, 0.1) is 0 Å². The monoisotopic (exact) mass is 361 g/mol. The predicted molar refractivity (Wildman–Crippen MR) is 82.9 cm³/mol. The SMILES string of the molecule is NCc1ccc(S(=O)(=O)NCCN2CCCC2)c(Br)c1. The average Bonchev–Trinajstić information content (AvgIpc) is 2.91. The van der Waals surface area contributed by atoms with Crippen LogP contribution in [0.15, 0.2) is 27.6 Å². The minimum absolute atomic E-state index is 0.260. The van der Waals surface area contributed by atoms with Gasteiger partial charge >= 0.3 is 0 Å². The van der Waals surface area contributed by atoms with Gasteiger partial charge in [-0.2, -0.15) is 0 Å². The summed E-state index contributed by atoms with van der Waals surface area (Å²) < 4.78 is 27.7. The second-order valence-electron chi connectivity index (χ2n) is 4.92. The van der Waals surface area contributed by atoms with Crippen molar-refractivity contribution in [2.45, 2.75) is 24.3 Å². The van der Waals surface area contributed by atoms with Crippen LogP contribution >= 0.6 is 15.9 Å². The number of hydrogen-bond donors (Lipinski definition) is 2. The molecule has 2 rings (SSSR count). The smallest absolute Gasteiger partial charge is 0.241 e. The van der Waals surface area contributed by atoms with Crippen LogP contribution in [-0.2, 0) is 16.6 Å². The van der Waals surface area contributed by atoms with Crippen LogP contribution < -0.4 is 10.5 Å². The molecule has 1 aromatic rings. The summed E-state index contributed by atoms with van der Waals surface area (Å²) in [5.41, 5.74) is 6.43. The van der Waals surface area contributed by atoms with Gasteiger partial charge in [0.2, 0.25) is 10.0 Å². The molecule has 3 N–H and O–H groups in total. The quantitative estimate of drug-likeness (QED) is 0.800. The molecular weight excluding hydrogens is 342 g/mol. The zero-order valence-corrected chi connectivity index (χ0v) is 13.7. The first-order valence-electron chi connectivity index (χ1n) is 6.73. The van der Waals surface area contributed by atoms with Crippen LogP contribution in [0.2, 0.25) is 0 Å². The number of sulfonamides is 1. The standard InChI is InChI=1S/C13H20BrN3O2S/c14-12-9-11(10-15)3-4-13(12)20(18,19)16-5-8-17-6-1-2-7-17/h3-4,9,16H,1-2,5-8,10,15H2. The molecule has 20 heavy (non-hydrogen) atoms. The summed E-state index contributed by atoms with van der Waals surface area (Å²) in [5.74, 6) is 0. The van der Waals surface area contributed by atoms with Crippen LogP contribution in [0.3, 0.4) is 0 Å². The van der Waals surface area contributed by atoms with Crippen LogP contribution in [0.5, 0.6) is 0 Å². The van der Waals surface area contributed by atoms with Gasteiger partial charge in [-0.25, -0.2) is 13.1 Å². The summed E-state index contributed by atoms with van der Waals surface area (Å²) in [6.45, 7) is 3.72. The highest BCUT2D eigenvalue weighted by Crippen LogP contribution is 2.23. The van der Waals surface area contributed by atoms with Gasteiger partial charge in [0.15, 0.2) is 0 Å². The Balaban J connectivity index is 1.98. The number of rotatable bonds is 6. The third kappa shape index (κ3) is 4.02. The molecule has 1 aliphatic heterocycles. The van der Waals surface area contributed by atoms with Crippen molar-refractivity contribution in [2.75, 3.05) is 26.2 Å². The average molecular weight is 362 g/mol. The Hall–Kier alpha value is -0.470. The van der Waals surface area contributed by atoms with E-state index in [9.17, 15) is 8.42 Å². The molecule has 1 aliphatic rings. The molecule has 1 heterocycles. The summed E-state index contributed by atoms with van der Waals surface area (Å²) in [4.78, 5) is 2.53. The maximum atomic E-state index is 12.2. The molecular formula is C13H20BrN3O2S. The lowest BCUT2D eigenvalue weighted by molar-refractivity contribution is 0.344. The van der Waals surface area contributed by atoms with Crippen molar-refractivity contribution >= 4 is 26.0 Å². The van der Waals surface area contributed by atoms with Crippen molar-refractivity contribution in [2.24, 2.45) is 5.73 Å². The van der Waals surface area contributed by atoms with E-state index in [-0.39, 0.29) is 4.90 Å². The number of nitrogens with zero attached hydrogens (tertiary/aromatic N) is 1. The molecule has 112 valence electrons. The highest BCUT2D eigenvalue weighted by atomic mass is 79.9. The second-order valence-corrected chi connectivity index (χ2v) is 7.51. The minimum atomic E-state index is -3.47. The molecule has 0 saturated carbocycles. The van der Waals surface area contributed by atoms with E-state index in [1.165, 1.54) is 12.8 Å². The number of likely N-dealkylation sites (tertiary alicyclic amines) is 1. The van der Waals surface area contributed by atoms with Crippen LogP contribution in [0.4, 0.5) is 0 Å². The number of nitrogens with two attached hydrogens (primary N) is 1. The minimum Gasteiger partial charge on any atom is -0.326 e. The number of nitrogens with one attached hydrogen (secondary N) is 1. The highest BCUT2D eigenvalue weighted by Gasteiger charge is 2.18. The zero-order valence-electron chi connectivity index (χ0n) is 11.3. The van der Waals surface area contributed by atoms with E-state index in [0.717, 1.165) is 25.2 Å². The van der Waals surface area contributed by atoms with Gasteiger partial charge in [0.25, 0.3) is 0 Å². The fourth-order valence-electron chi connectivity index (χ4n) is 2.31. The molecule has 0 atom stereocenters. The molecule has 1 aromatic carbocycles. The molecule has 0 bridgehead atoms. The normalized spacial score (nSPS) is 16.7. The van der Waals surface area contributed by atoms with E-state index in [4.69, 9.17) is 5.73 Å². The maximum absolute atomic E-state index is 12.2. The Bertz CT molecular complexity index is 557. The van der Waals surface area contributed by atoms with Crippen molar-refractivity contribution in [1.29, 1.82) is 0 Å². The Morgan fingerprint density at radius 2 is 2.00 bits per heavy atom. The van der Waals surface area contributed by atoms with Gasteiger partial charge in [-0.05, 0) is 59.6 Å². The third-order valence-corrected chi connectivity index (χ3v) is 5.88. The van der Waals surface area contributed by atoms with Crippen LogP contribution in [0.25, 0.3) is 0 Å². The lowest BCUT2D eigenvalue weighted by atomic mass is 10.2. The van der Waals surface area contributed by atoms with Crippen molar-refractivity contribution in [1.82, 2.24) is 9.62 Å². The molecule has 0 radical (unpaired) electrons. The maximum Gasteiger partial charge on any atom is 0.241 e. The first-order chi connectivity index (χ1) is 9.53. The molecule has 0 spiro atoms. The van der Waals surface area contributed by atoms with Gasteiger partial charge in [-0.3, -0.25) is 0 Å². The second kappa shape index (κ2) is 7.00. The zero-order chi connectivity index (χ0) is 14.6. The summed E-state index contributed by atoms with van der Waals surface area (Å²) in [5, 5.41) is 0. The van der Waals surface area contributed by atoms with E-state index in [1.54, 1.807) is 18.2 Å². The third-order valence-electron chi connectivity index (χ3n) is 3.44. The molecule has 0 aliphatic carbocycles. The Kier molecular flexibility index (Phi) is 5.57. The molecule has 0 unspecified atom stereocenters. The molecule has 5 nitrogen and oxygen atoms in total. The fourth-order valence-corrected chi connectivity index (χ4v) is 4.46. The van der Waals surface area contributed by atoms with Gasteiger partial charge in [0.1, 0.15) is 0 Å². The Labute approximate surface area is 128 Å². The van der Waals surface area contributed by atoms with Gasteiger partial charge in [0, 0.05) is 24.1 Å². The highest BCUT2D eigenvalue weighted by molar-refractivity contribution is 9.10. The van der Waals surface area contributed by atoms with E-state index < -0.39 is 10.0 Å². The summed E-state index contributed by atoms with van der Waals surface area (Å²) in [6, 6.07) is 5.07. The lowest BCUT2D eigenvalue weighted by Crippen LogP contribution is -2.33. The number of halogens is 1. The van der Waals surface area contributed by atoms with Crippen molar-refractivity contribution in [3.05, 3.63) is 28.2 Å². The first-order valence-corrected chi connectivity index (χ1v) is 9.01. The van der Waals surface area contributed by atoms with Gasteiger partial charge in [-0.15, -0.1) is 0 Å². The molecule has 0 amide bonds. The Morgan fingerprint density at radius 1 is 1.30 bits per heavy atom. The molecule has 1 fully saturated rings. The Morgan fingerprint density at radius 3 is 2.60 bits per heavy atom.